The van der Waals surface area contributed by atoms with Crippen molar-refractivity contribution in [2.24, 2.45) is 5.92 Å². The van der Waals surface area contributed by atoms with Gasteiger partial charge in [-0.1, -0.05) is 31.9 Å². The molecule has 2 aliphatic rings. The van der Waals surface area contributed by atoms with Crippen LogP contribution in [-0.4, -0.2) is 23.4 Å². The van der Waals surface area contributed by atoms with E-state index in [2.05, 4.69) is 36.8 Å². The summed E-state index contributed by atoms with van der Waals surface area (Å²) in [5.41, 5.74) is 0.781. The second-order valence-electron chi connectivity index (χ2n) is 5.29. The maximum atomic E-state index is 12.6. The van der Waals surface area contributed by atoms with Crippen LogP contribution in [0.25, 0.3) is 0 Å². The van der Waals surface area contributed by atoms with E-state index in [9.17, 15) is 4.79 Å². The number of rotatable bonds is 4. The highest BCUT2D eigenvalue weighted by atomic mass is 79.9. The lowest BCUT2D eigenvalue weighted by Crippen LogP contribution is -2.34. The van der Waals surface area contributed by atoms with Gasteiger partial charge in [-0.2, -0.15) is 0 Å². The molecule has 1 aromatic carbocycles. The van der Waals surface area contributed by atoms with Crippen molar-refractivity contribution in [3.63, 3.8) is 0 Å². The maximum Gasteiger partial charge on any atom is 0.254 e. The van der Waals surface area contributed by atoms with Crippen molar-refractivity contribution in [1.29, 1.82) is 0 Å². The number of nitrogens with zero attached hydrogens (tertiary/aromatic N) is 1. The predicted molar refractivity (Wildman–Crippen MR) is 78.6 cm³/mol. The van der Waals surface area contributed by atoms with Gasteiger partial charge in [0.1, 0.15) is 0 Å². The van der Waals surface area contributed by atoms with Crippen LogP contribution in [0.5, 0.6) is 0 Å². The van der Waals surface area contributed by atoms with Gasteiger partial charge >= 0.3 is 0 Å². The number of carbonyl (C=O) groups excluding carboxylic acids is 1. The second kappa shape index (κ2) is 4.97. The van der Waals surface area contributed by atoms with Crippen LogP contribution in [0.3, 0.4) is 0 Å². The Bertz CT molecular complexity index is 460. The van der Waals surface area contributed by atoms with Crippen LogP contribution in [0.2, 0.25) is 0 Å². The smallest absolute Gasteiger partial charge is 0.254 e. The van der Waals surface area contributed by atoms with Crippen molar-refractivity contribution in [1.82, 2.24) is 4.90 Å². The lowest BCUT2D eigenvalue weighted by Gasteiger charge is -2.22. The number of carbonyl (C=O) groups is 1. The molecule has 0 unspecified atom stereocenters. The molecule has 2 aliphatic carbocycles. The summed E-state index contributed by atoms with van der Waals surface area (Å²) in [6.07, 6.45) is 4.93. The zero-order chi connectivity index (χ0) is 12.7. The number of hydrogen-bond acceptors (Lipinski definition) is 1. The highest BCUT2D eigenvalue weighted by molar-refractivity contribution is 9.11. The Balaban J connectivity index is 1.81. The summed E-state index contributed by atoms with van der Waals surface area (Å²) in [7, 11) is 0. The summed E-state index contributed by atoms with van der Waals surface area (Å²) in [5.74, 6) is 0.941. The van der Waals surface area contributed by atoms with Crippen LogP contribution in [-0.2, 0) is 0 Å². The van der Waals surface area contributed by atoms with Gasteiger partial charge in [0.15, 0.2) is 0 Å². The van der Waals surface area contributed by atoms with E-state index in [0.29, 0.717) is 6.04 Å². The lowest BCUT2D eigenvalue weighted by atomic mass is 10.2. The van der Waals surface area contributed by atoms with Crippen molar-refractivity contribution in [2.45, 2.75) is 31.7 Å². The number of hydrogen-bond donors (Lipinski definition) is 0. The molecule has 2 saturated carbocycles. The third kappa shape index (κ3) is 2.97. The fourth-order valence-corrected chi connectivity index (χ4v) is 3.50. The summed E-state index contributed by atoms with van der Waals surface area (Å²) in [5, 5.41) is 0. The molecule has 0 atom stereocenters. The first kappa shape index (κ1) is 12.7. The van der Waals surface area contributed by atoms with Crippen LogP contribution >= 0.6 is 31.9 Å². The molecule has 0 aromatic heterocycles. The van der Waals surface area contributed by atoms with Gasteiger partial charge in [0.2, 0.25) is 0 Å². The number of halogens is 2. The van der Waals surface area contributed by atoms with Gasteiger partial charge in [-0.3, -0.25) is 4.79 Å². The average Bonchev–Trinajstić information content (AvgIpc) is 3.15. The van der Waals surface area contributed by atoms with E-state index >= 15 is 0 Å². The van der Waals surface area contributed by atoms with E-state index in [4.69, 9.17) is 0 Å². The third-order valence-corrected chi connectivity index (χ3v) is 4.43. The van der Waals surface area contributed by atoms with Crippen LogP contribution in [0.4, 0.5) is 0 Å². The monoisotopic (exact) mass is 371 g/mol. The minimum atomic E-state index is 0.186. The molecule has 4 heteroatoms. The Labute approximate surface area is 124 Å². The van der Waals surface area contributed by atoms with Crippen molar-refractivity contribution in [3.05, 3.63) is 32.7 Å². The summed E-state index contributed by atoms with van der Waals surface area (Å²) < 4.78 is 1.89. The Hall–Kier alpha value is -0.350. The summed E-state index contributed by atoms with van der Waals surface area (Å²) >= 11 is 6.89. The molecule has 0 radical (unpaired) electrons. The van der Waals surface area contributed by atoms with Crippen molar-refractivity contribution in [3.8, 4) is 0 Å². The van der Waals surface area contributed by atoms with Crippen molar-refractivity contribution >= 4 is 37.8 Å². The van der Waals surface area contributed by atoms with Crippen molar-refractivity contribution in [2.75, 3.05) is 6.54 Å². The molecule has 0 heterocycles. The predicted octanol–water partition coefficient (Wildman–Crippen LogP) is 4.23. The lowest BCUT2D eigenvalue weighted by molar-refractivity contribution is 0.0734. The van der Waals surface area contributed by atoms with Crippen LogP contribution < -0.4 is 0 Å². The Morgan fingerprint density at radius 2 is 1.72 bits per heavy atom. The van der Waals surface area contributed by atoms with Gasteiger partial charge in [0, 0.05) is 27.1 Å². The van der Waals surface area contributed by atoms with E-state index in [1.165, 1.54) is 25.7 Å². The molecule has 0 spiro atoms. The Morgan fingerprint density at radius 3 is 2.22 bits per heavy atom. The summed E-state index contributed by atoms with van der Waals surface area (Å²) in [6, 6.07) is 6.28. The van der Waals surface area contributed by atoms with E-state index in [-0.39, 0.29) is 5.91 Å². The molecule has 2 fully saturated rings. The first-order chi connectivity index (χ1) is 8.63. The van der Waals surface area contributed by atoms with Gasteiger partial charge in [-0.25, -0.2) is 0 Å². The molecule has 0 aliphatic heterocycles. The zero-order valence-corrected chi connectivity index (χ0v) is 13.2. The summed E-state index contributed by atoms with van der Waals surface area (Å²) in [4.78, 5) is 14.7. The van der Waals surface area contributed by atoms with Gasteiger partial charge < -0.3 is 4.90 Å². The maximum absolute atomic E-state index is 12.6. The SMILES string of the molecule is O=C(c1cc(Br)cc(Br)c1)N(CC1CC1)C1CC1. The number of benzene rings is 1. The molecule has 18 heavy (non-hydrogen) atoms. The van der Waals surface area contributed by atoms with E-state index < -0.39 is 0 Å². The zero-order valence-electron chi connectivity index (χ0n) is 10.0. The topological polar surface area (TPSA) is 20.3 Å². The van der Waals surface area contributed by atoms with E-state index in [1.54, 1.807) is 0 Å². The van der Waals surface area contributed by atoms with Gasteiger partial charge in [-0.05, 0) is 49.8 Å². The molecular weight excluding hydrogens is 358 g/mol. The molecule has 0 bridgehead atoms. The summed E-state index contributed by atoms with van der Waals surface area (Å²) in [6.45, 7) is 0.952. The van der Waals surface area contributed by atoms with E-state index in [0.717, 1.165) is 27.0 Å². The third-order valence-electron chi connectivity index (χ3n) is 3.51. The molecule has 96 valence electrons. The molecule has 3 rings (SSSR count). The largest absolute Gasteiger partial charge is 0.335 e. The fraction of sp³-hybridized carbons (Fsp3) is 0.500. The first-order valence-electron chi connectivity index (χ1n) is 6.40. The minimum Gasteiger partial charge on any atom is -0.335 e. The van der Waals surface area contributed by atoms with Gasteiger partial charge in [0.25, 0.3) is 5.91 Å². The van der Waals surface area contributed by atoms with Gasteiger partial charge in [0.05, 0.1) is 0 Å². The minimum absolute atomic E-state index is 0.186. The Kier molecular flexibility index (Phi) is 3.50. The molecule has 1 amide bonds. The average molecular weight is 373 g/mol. The molecule has 1 aromatic rings. The van der Waals surface area contributed by atoms with Crippen LogP contribution in [0, 0.1) is 5.92 Å². The van der Waals surface area contributed by atoms with Crippen LogP contribution in [0.1, 0.15) is 36.0 Å². The Morgan fingerprint density at radius 1 is 1.11 bits per heavy atom. The second-order valence-corrected chi connectivity index (χ2v) is 7.12. The molecule has 0 saturated heterocycles. The molecule has 2 nitrogen and oxygen atoms in total. The first-order valence-corrected chi connectivity index (χ1v) is 7.99. The van der Waals surface area contributed by atoms with E-state index in [1.807, 2.05) is 18.2 Å². The quantitative estimate of drug-likeness (QED) is 0.774. The highest BCUT2D eigenvalue weighted by Gasteiger charge is 2.36. The van der Waals surface area contributed by atoms with Gasteiger partial charge in [-0.15, -0.1) is 0 Å². The fourth-order valence-electron chi connectivity index (χ4n) is 2.21. The van der Waals surface area contributed by atoms with Crippen molar-refractivity contribution < 1.29 is 4.79 Å². The molecular formula is C14H15Br2NO. The normalized spacial score (nSPS) is 18.8. The van der Waals surface area contributed by atoms with Crippen LogP contribution in [0.15, 0.2) is 27.1 Å². The standard InChI is InChI=1S/C14H15Br2NO/c15-11-5-10(6-12(16)7-11)14(18)17(13-3-4-13)8-9-1-2-9/h5-7,9,13H,1-4,8H2. The number of amides is 1. The highest BCUT2D eigenvalue weighted by Crippen LogP contribution is 2.36. The molecule has 0 N–H and O–H groups in total.